The standard InChI is InChI=1S/C14H9FN2O/c15-10-1-2-11-12(8-17-13(11)7-10)14(18)9-3-5-16-6-4-9/h1-8,17H. The lowest BCUT2D eigenvalue weighted by Crippen LogP contribution is -2.00. The summed E-state index contributed by atoms with van der Waals surface area (Å²) in [6, 6.07) is 7.64. The first-order valence-corrected chi connectivity index (χ1v) is 5.47. The van der Waals surface area contributed by atoms with E-state index in [0.29, 0.717) is 16.6 Å². The van der Waals surface area contributed by atoms with Gasteiger partial charge in [-0.05, 0) is 30.3 Å². The van der Waals surface area contributed by atoms with Gasteiger partial charge in [0.1, 0.15) is 5.82 Å². The highest BCUT2D eigenvalue weighted by molar-refractivity contribution is 6.16. The van der Waals surface area contributed by atoms with Gasteiger partial charge in [-0.3, -0.25) is 9.78 Å². The summed E-state index contributed by atoms with van der Waals surface area (Å²) < 4.78 is 13.1. The monoisotopic (exact) mass is 240 g/mol. The fraction of sp³-hybridized carbons (Fsp3) is 0. The molecule has 18 heavy (non-hydrogen) atoms. The Kier molecular flexibility index (Phi) is 2.41. The second kappa shape index (κ2) is 4.07. The van der Waals surface area contributed by atoms with Crippen LogP contribution in [-0.2, 0) is 0 Å². The zero-order valence-corrected chi connectivity index (χ0v) is 9.35. The van der Waals surface area contributed by atoms with E-state index in [9.17, 15) is 9.18 Å². The fourth-order valence-corrected chi connectivity index (χ4v) is 1.95. The number of hydrogen-bond donors (Lipinski definition) is 1. The third-order valence-electron chi connectivity index (χ3n) is 2.83. The van der Waals surface area contributed by atoms with Crippen molar-refractivity contribution in [1.82, 2.24) is 9.97 Å². The van der Waals surface area contributed by atoms with E-state index >= 15 is 0 Å². The zero-order chi connectivity index (χ0) is 12.5. The minimum absolute atomic E-state index is 0.102. The first-order chi connectivity index (χ1) is 8.75. The van der Waals surface area contributed by atoms with Gasteiger partial charge in [-0.2, -0.15) is 0 Å². The third-order valence-corrected chi connectivity index (χ3v) is 2.83. The van der Waals surface area contributed by atoms with Crippen molar-refractivity contribution in [1.29, 1.82) is 0 Å². The Morgan fingerprint density at radius 3 is 2.72 bits per heavy atom. The van der Waals surface area contributed by atoms with E-state index in [1.807, 2.05) is 0 Å². The van der Waals surface area contributed by atoms with E-state index in [2.05, 4.69) is 9.97 Å². The molecular weight excluding hydrogens is 231 g/mol. The molecule has 2 aromatic heterocycles. The van der Waals surface area contributed by atoms with Gasteiger partial charge < -0.3 is 4.98 Å². The van der Waals surface area contributed by atoms with Crippen LogP contribution < -0.4 is 0 Å². The summed E-state index contributed by atoms with van der Waals surface area (Å²) in [5.41, 5.74) is 1.72. The molecule has 0 bridgehead atoms. The zero-order valence-electron chi connectivity index (χ0n) is 9.35. The molecule has 3 nitrogen and oxygen atoms in total. The molecule has 0 aliphatic carbocycles. The topological polar surface area (TPSA) is 45.8 Å². The Morgan fingerprint density at radius 1 is 1.17 bits per heavy atom. The van der Waals surface area contributed by atoms with Gasteiger partial charge in [0.15, 0.2) is 5.78 Å². The number of rotatable bonds is 2. The maximum absolute atomic E-state index is 13.1. The molecule has 3 rings (SSSR count). The lowest BCUT2D eigenvalue weighted by molar-refractivity contribution is 0.104. The van der Waals surface area contributed by atoms with Gasteiger partial charge >= 0.3 is 0 Å². The molecule has 0 aliphatic rings. The van der Waals surface area contributed by atoms with E-state index in [1.165, 1.54) is 12.1 Å². The molecule has 88 valence electrons. The number of carbonyl (C=O) groups is 1. The van der Waals surface area contributed by atoms with Gasteiger partial charge in [-0.25, -0.2) is 4.39 Å². The van der Waals surface area contributed by atoms with E-state index in [1.54, 1.807) is 36.8 Å². The second-order valence-electron chi connectivity index (χ2n) is 3.96. The molecule has 0 fully saturated rings. The Morgan fingerprint density at radius 2 is 1.94 bits per heavy atom. The SMILES string of the molecule is O=C(c1ccncc1)c1c[nH]c2cc(F)ccc12. The van der Waals surface area contributed by atoms with Gasteiger partial charge in [0.2, 0.25) is 0 Å². The molecule has 1 aromatic carbocycles. The molecule has 0 saturated carbocycles. The average Bonchev–Trinajstić information content (AvgIpc) is 2.81. The first-order valence-electron chi connectivity index (χ1n) is 5.47. The first kappa shape index (κ1) is 10.7. The number of pyridine rings is 1. The molecule has 1 N–H and O–H groups in total. The quantitative estimate of drug-likeness (QED) is 0.700. The smallest absolute Gasteiger partial charge is 0.195 e. The number of ketones is 1. The molecule has 0 aliphatic heterocycles. The van der Waals surface area contributed by atoms with Crippen LogP contribution in [0.5, 0.6) is 0 Å². The number of benzene rings is 1. The Labute approximate surface area is 102 Å². The van der Waals surface area contributed by atoms with Crippen LogP contribution in [0.2, 0.25) is 0 Å². The second-order valence-corrected chi connectivity index (χ2v) is 3.96. The van der Waals surface area contributed by atoms with Crippen LogP contribution in [0.25, 0.3) is 10.9 Å². The van der Waals surface area contributed by atoms with Crippen molar-refractivity contribution in [2.45, 2.75) is 0 Å². The molecule has 3 aromatic rings. The van der Waals surface area contributed by atoms with Crippen molar-refractivity contribution in [3.05, 3.63) is 65.9 Å². The molecule has 0 spiro atoms. The molecule has 0 atom stereocenters. The lowest BCUT2D eigenvalue weighted by atomic mass is 10.0. The minimum atomic E-state index is -0.327. The van der Waals surface area contributed by atoms with Crippen LogP contribution in [0.4, 0.5) is 4.39 Å². The maximum atomic E-state index is 13.1. The third kappa shape index (κ3) is 1.68. The summed E-state index contributed by atoms with van der Waals surface area (Å²) in [7, 11) is 0. The van der Waals surface area contributed by atoms with Gasteiger partial charge in [0.25, 0.3) is 0 Å². The predicted molar refractivity (Wildman–Crippen MR) is 65.9 cm³/mol. The summed E-state index contributed by atoms with van der Waals surface area (Å²) in [6.07, 6.45) is 4.75. The van der Waals surface area contributed by atoms with Crippen molar-refractivity contribution in [2.24, 2.45) is 0 Å². The van der Waals surface area contributed by atoms with Crippen molar-refractivity contribution in [2.75, 3.05) is 0 Å². The number of carbonyl (C=O) groups excluding carboxylic acids is 1. The van der Waals surface area contributed by atoms with Crippen LogP contribution in [0.1, 0.15) is 15.9 Å². The van der Waals surface area contributed by atoms with Crippen LogP contribution in [0.3, 0.4) is 0 Å². The largest absolute Gasteiger partial charge is 0.360 e. The van der Waals surface area contributed by atoms with Crippen molar-refractivity contribution >= 4 is 16.7 Å². The maximum Gasteiger partial charge on any atom is 0.195 e. The fourth-order valence-electron chi connectivity index (χ4n) is 1.95. The Hall–Kier alpha value is -2.49. The minimum Gasteiger partial charge on any atom is -0.360 e. The number of H-pyrrole nitrogens is 1. The summed E-state index contributed by atoms with van der Waals surface area (Å²) in [5.74, 6) is -0.428. The van der Waals surface area contributed by atoms with Gasteiger partial charge in [-0.15, -0.1) is 0 Å². The molecule has 4 heteroatoms. The summed E-state index contributed by atoms with van der Waals surface area (Å²) in [5, 5.41) is 0.721. The molecule has 0 amide bonds. The summed E-state index contributed by atoms with van der Waals surface area (Å²) >= 11 is 0. The molecular formula is C14H9FN2O. The van der Waals surface area contributed by atoms with Crippen LogP contribution in [0.15, 0.2) is 48.9 Å². The van der Waals surface area contributed by atoms with Gasteiger partial charge in [0.05, 0.1) is 0 Å². The number of nitrogens with one attached hydrogen (secondary N) is 1. The number of fused-ring (bicyclic) bond motifs is 1. The number of aromatic nitrogens is 2. The Balaban J connectivity index is 2.13. The highest BCUT2D eigenvalue weighted by atomic mass is 19.1. The number of aromatic amines is 1. The lowest BCUT2D eigenvalue weighted by Gasteiger charge is -1.98. The normalized spacial score (nSPS) is 10.7. The van der Waals surface area contributed by atoms with Crippen LogP contribution in [0, 0.1) is 5.82 Å². The summed E-state index contributed by atoms with van der Waals surface area (Å²) in [4.78, 5) is 19.0. The van der Waals surface area contributed by atoms with E-state index in [-0.39, 0.29) is 11.6 Å². The molecule has 0 radical (unpaired) electrons. The van der Waals surface area contributed by atoms with Crippen molar-refractivity contribution < 1.29 is 9.18 Å². The van der Waals surface area contributed by atoms with Crippen molar-refractivity contribution in [3.8, 4) is 0 Å². The highest BCUT2D eigenvalue weighted by Crippen LogP contribution is 2.21. The number of nitrogens with zero attached hydrogens (tertiary/aromatic N) is 1. The molecule has 2 heterocycles. The van der Waals surface area contributed by atoms with Crippen LogP contribution >= 0.6 is 0 Å². The predicted octanol–water partition coefficient (Wildman–Crippen LogP) is 2.93. The highest BCUT2D eigenvalue weighted by Gasteiger charge is 2.14. The molecule has 0 saturated heterocycles. The Bertz CT molecular complexity index is 719. The van der Waals surface area contributed by atoms with Crippen molar-refractivity contribution in [3.63, 3.8) is 0 Å². The summed E-state index contributed by atoms with van der Waals surface area (Å²) in [6.45, 7) is 0. The average molecular weight is 240 g/mol. The van der Waals surface area contributed by atoms with E-state index in [4.69, 9.17) is 0 Å². The number of halogens is 1. The van der Waals surface area contributed by atoms with E-state index in [0.717, 1.165) is 5.39 Å². The van der Waals surface area contributed by atoms with Gasteiger partial charge in [0, 0.05) is 40.6 Å². The van der Waals surface area contributed by atoms with E-state index < -0.39 is 0 Å². The van der Waals surface area contributed by atoms with Gasteiger partial charge in [-0.1, -0.05) is 0 Å². The molecule has 0 unspecified atom stereocenters. The number of hydrogen-bond acceptors (Lipinski definition) is 2. The van der Waals surface area contributed by atoms with Crippen LogP contribution in [-0.4, -0.2) is 15.8 Å².